The highest BCUT2D eigenvalue weighted by Crippen LogP contribution is 2.10. The van der Waals surface area contributed by atoms with Crippen molar-refractivity contribution in [2.75, 3.05) is 19.6 Å². The number of nitrogens with two attached hydrogens (primary N) is 2. The fourth-order valence-corrected chi connectivity index (χ4v) is 3.31. The summed E-state index contributed by atoms with van der Waals surface area (Å²) in [6, 6.07) is -3.32. The SMILES string of the molecule is Cl.NC(N)=NCCC[C@@H]1NC(=O)[C@H]2C[C@@H](CN2)NC(=O)[C@H](CC(=O)O)NC(=O)CNC1=O. The number of aliphatic carboxylic acids is 1. The number of carboxylic acids is 1. The molecule has 14 nitrogen and oxygen atoms in total. The van der Waals surface area contributed by atoms with Gasteiger partial charge in [0.25, 0.3) is 0 Å². The number of carbonyl (C=O) groups is 5. The van der Waals surface area contributed by atoms with Crippen LogP contribution in [0.2, 0.25) is 0 Å². The third-order valence-electron chi connectivity index (χ3n) is 4.83. The predicted octanol–water partition coefficient (Wildman–Crippen LogP) is -4.12. The Morgan fingerprint density at radius 1 is 1.03 bits per heavy atom. The second-order valence-electron chi connectivity index (χ2n) is 7.35. The average Bonchev–Trinajstić information content (AvgIpc) is 3.15. The van der Waals surface area contributed by atoms with Gasteiger partial charge in [0.2, 0.25) is 23.6 Å². The average molecular weight is 477 g/mol. The van der Waals surface area contributed by atoms with Gasteiger partial charge in [0.05, 0.1) is 19.0 Å². The summed E-state index contributed by atoms with van der Waals surface area (Å²) >= 11 is 0. The van der Waals surface area contributed by atoms with Gasteiger partial charge in [-0.05, 0) is 19.3 Å². The molecule has 2 bridgehead atoms. The van der Waals surface area contributed by atoms with Crippen LogP contribution in [0.5, 0.6) is 0 Å². The number of amides is 4. The Morgan fingerprint density at radius 3 is 2.41 bits per heavy atom. The lowest BCUT2D eigenvalue weighted by Gasteiger charge is -2.23. The molecule has 2 aliphatic heterocycles. The van der Waals surface area contributed by atoms with Gasteiger partial charge in [-0.3, -0.25) is 29.0 Å². The number of hydrogen-bond acceptors (Lipinski definition) is 7. The van der Waals surface area contributed by atoms with E-state index in [0.717, 1.165) is 0 Å². The van der Waals surface area contributed by atoms with E-state index in [-0.39, 0.29) is 44.3 Å². The second kappa shape index (κ2) is 12.7. The van der Waals surface area contributed by atoms with E-state index in [1.54, 1.807) is 0 Å². The third-order valence-corrected chi connectivity index (χ3v) is 4.83. The van der Waals surface area contributed by atoms with Gasteiger partial charge < -0.3 is 43.2 Å². The lowest BCUT2D eigenvalue weighted by Crippen LogP contribution is -2.55. The van der Waals surface area contributed by atoms with E-state index in [1.807, 2.05) is 0 Å². The molecule has 0 aromatic heterocycles. The van der Waals surface area contributed by atoms with Crippen LogP contribution in [-0.4, -0.2) is 84.5 Å². The van der Waals surface area contributed by atoms with Crippen LogP contribution in [0.1, 0.15) is 25.7 Å². The molecule has 2 rings (SSSR count). The lowest BCUT2D eigenvalue weighted by atomic mass is 10.1. The smallest absolute Gasteiger partial charge is 0.305 e. The molecule has 2 heterocycles. The number of nitrogens with zero attached hydrogens (tertiary/aromatic N) is 1. The van der Waals surface area contributed by atoms with E-state index in [1.165, 1.54) is 0 Å². The Labute approximate surface area is 190 Å². The first-order valence-electron chi connectivity index (χ1n) is 9.84. The molecule has 15 heteroatoms. The molecular weight excluding hydrogens is 448 g/mol. The van der Waals surface area contributed by atoms with Crippen LogP contribution >= 0.6 is 12.4 Å². The first-order chi connectivity index (χ1) is 14.7. The minimum atomic E-state index is -1.31. The summed E-state index contributed by atoms with van der Waals surface area (Å²) in [7, 11) is 0. The van der Waals surface area contributed by atoms with Crippen LogP contribution in [0, 0.1) is 0 Å². The maximum Gasteiger partial charge on any atom is 0.305 e. The van der Waals surface area contributed by atoms with E-state index in [0.29, 0.717) is 6.42 Å². The standard InChI is InChI=1S/C17H28N8O6.ClH/c18-17(19)20-3-1-2-9-14(29)22-7-12(26)24-11(5-13(27)28)16(31)23-8-4-10(21-6-8)15(30)25-9;/h8-11,21H,1-7H2,(H,22,29)(H,23,31)(H,24,26)(H,25,30)(H,27,28)(H4,18,19,20);1H/t8-,9-,10+,11-;/m0./s1. The van der Waals surface area contributed by atoms with Crippen molar-refractivity contribution in [3.8, 4) is 0 Å². The highest BCUT2D eigenvalue weighted by Gasteiger charge is 2.34. The molecule has 0 saturated carbocycles. The number of carbonyl (C=O) groups excluding carboxylic acids is 4. The van der Waals surface area contributed by atoms with Gasteiger partial charge in [-0.15, -0.1) is 12.4 Å². The summed E-state index contributed by atoms with van der Waals surface area (Å²) in [5.74, 6) is -3.80. The van der Waals surface area contributed by atoms with Gasteiger partial charge in [0.15, 0.2) is 5.96 Å². The number of rotatable bonds is 6. The van der Waals surface area contributed by atoms with Crippen molar-refractivity contribution < 1.29 is 29.1 Å². The second-order valence-corrected chi connectivity index (χ2v) is 7.35. The summed E-state index contributed by atoms with van der Waals surface area (Å²) < 4.78 is 0. The molecule has 180 valence electrons. The fraction of sp³-hybridized carbons (Fsp3) is 0.647. The van der Waals surface area contributed by atoms with Crippen LogP contribution in [0.15, 0.2) is 4.99 Å². The summed E-state index contributed by atoms with van der Waals surface area (Å²) in [6.07, 6.45) is 0.251. The van der Waals surface area contributed by atoms with Gasteiger partial charge in [-0.25, -0.2) is 0 Å². The fourth-order valence-electron chi connectivity index (χ4n) is 3.31. The first-order valence-corrected chi connectivity index (χ1v) is 9.84. The quantitative estimate of drug-likeness (QED) is 0.105. The van der Waals surface area contributed by atoms with Crippen LogP contribution in [-0.2, 0) is 24.0 Å². The zero-order chi connectivity index (χ0) is 23.0. The summed E-state index contributed by atoms with van der Waals surface area (Å²) in [5, 5.41) is 22.0. The molecule has 0 aromatic carbocycles. The molecule has 0 spiro atoms. The maximum atomic E-state index is 12.6. The van der Waals surface area contributed by atoms with Gasteiger partial charge >= 0.3 is 5.97 Å². The first kappa shape index (κ1) is 26.9. The normalized spacial score (nSPS) is 26.4. The molecule has 0 radical (unpaired) electrons. The van der Waals surface area contributed by atoms with Crippen molar-refractivity contribution in [1.29, 1.82) is 0 Å². The Bertz CT molecular complexity index is 759. The van der Waals surface area contributed by atoms with Crippen LogP contribution in [0.4, 0.5) is 0 Å². The van der Waals surface area contributed by atoms with Crippen LogP contribution in [0.25, 0.3) is 0 Å². The molecule has 10 N–H and O–H groups in total. The van der Waals surface area contributed by atoms with Crippen molar-refractivity contribution in [3.05, 3.63) is 0 Å². The van der Waals surface area contributed by atoms with E-state index in [2.05, 4.69) is 31.6 Å². The zero-order valence-corrected chi connectivity index (χ0v) is 18.1. The number of fused-ring (bicyclic) bond motifs is 2. The minimum Gasteiger partial charge on any atom is -0.481 e. The van der Waals surface area contributed by atoms with E-state index in [4.69, 9.17) is 16.6 Å². The number of aliphatic imine (C=N–C) groups is 1. The highest BCUT2D eigenvalue weighted by molar-refractivity contribution is 5.94. The number of carboxylic acid groups (broad SMARTS) is 1. The third kappa shape index (κ3) is 8.55. The largest absolute Gasteiger partial charge is 0.481 e. The van der Waals surface area contributed by atoms with Gasteiger partial charge in [0.1, 0.15) is 12.1 Å². The van der Waals surface area contributed by atoms with Crippen molar-refractivity contribution in [2.24, 2.45) is 16.5 Å². The Balaban J connectivity index is 0.00000512. The monoisotopic (exact) mass is 476 g/mol. The zero-order valence-electron chi connectivity index (χ0n) is 17.3. The predicted molar refractivity (Wildman–Crippen MR) is 115 cm³/mol. The number of guanidine groups is 1. The summed E-state index contributed by atoms with van der Waals surface area (Å²) in [6.45, 7) is 0.0433. The van der Waals surface area contributed by atoms with Crippen molar-refractivity contribution in [2.45, 2.75) is 49.9 Å². The molecule has 2 aliphatic rings. The molecule has 0 aliphatic carbocycles. The molecule has 4 atom stereocenters. The highest BCUT2D eigenvalue weighted by atomic mass is 35.5. The maximum absolute atomic E-state index is 12.6. The topological polar surface area (TPSA) is 230 Å². The lowest BCUT2D eigenvalue weighted by molar-refractivity contribution is -0.141. The van der Waals surface area contributed by atoms with Crippen molar-refractivity contribution in [1.82, 2.24) is 26.6 Å². The summed E-state index contributed by atoms with van der Waals surface area (Å²) in [4.78, 5) is 64.6. The molecule has 0 aromatic rings. The number of hydrogen-bond donors (Lipinski definition) is 8. The number of nitrogens with one attached hydrogen (secondary N) is 5. The molecule has 0 unspecified atom stereocenters. The van der Waals surface area contributed by atoms with E-state index in [9.17, 15) is 24.0 Å². The molecular formula is C17H29ClN8O6. The molecule has 32 heavy (non-hydrogen) atoms. The molecule has 4 amide bonds. The van der Waals surface area contributed by atoms with Crippen molar-refractivity contribution in [3.63, 3.8) is 0 Å². The van der Waals surface area contributed by atoms with Gasteiger partial charge in [0, 0.05) is 19.1 Å². The van der Waals surface area contributed by atoms with Crippen LogP contribution < -0.4 is 38.1 Å². The van der Waals surface area contributed by atoms with Crippen LogP contribution in [0.3, 0.4) is 0 Å². The Morgan fingerprint density at radius 2 is 1.75 bits per heavy atom. The summed E-state index contributed by atoms with van der Waals surface area (Å²) in [5.41, 5.74) is 10.5. The minimum absolute atomic E-state index is 0. The number of halogens is 1. The van der Waals surface area contributed by atoms with E-state index >= 15 is 0 Å². The Kier molecular flexibility index (Phi) is 10.6. The van der Waals surface area contributed by atoms with E-state index < -0.39 is 66.7 Å². The van der Waals surface area contributed by atoms with Gasteiger partial charge in [-0.1, -0.05) is 0 Å². The Hall–Kier alpha value is -3.13. The van der Waals surface area contributed by atoms with Crippen molar-refractivity contribution >= 4 is 48.0 Å². The molecule has 2 fully saturated rings. The van der Waals surface area contributed by atoms with Gasteiger partial charge in [-0.2, -0.15) is 0 Å². The molecule has 2 saturated heterocycles.